The van der Waals surface area contributed by atoms with Crippen LogP contribution in [0.15, 0.2) is 72.0 Å². The van der Waals surface area contributed by atoms with Gasteiger partial charge in [-0.15, -0.1) is 0 Å². The number of hydrogen-bond donors (Lipinski definition) is 2. The summed E-state index contributed by atoms with van der Waals surface area (Å²) in [7, 11) is 1.20. The van der Waals surface area contributed by atoms with E-state index in [1.807, 2.05) is 30.3 Å². The van der Waals surface area contributed by atoms with Gasteiger partial charge in [0, 0.05) is 12.4 Å². The number of nitrogens with zero attached hydrogens (tertiary/aromatic N) is 2. The van der Waals surface area contributed by atoms with E-state index in [1.165, 1.54) is 13.2 Å². The Morgan fingerprint density at radius 2 is 1.82 bits per heavy atom. The number of ether oxygens (including phenoxy) is 2. The Bertz CT molecular complexity index is 1150. The zero-order chi connectivity index (χ0) is 24.1. The highest BCUT2D eigenvalue weighted by Gasteiger charge is 2.43. The lowest BCUT2D eigenvalue weighted by atomic mass is 9.82. The summed E-state index contributed by atoms with van der Waals surface area (Å²) < 4.78 is 51.2. The van der Waals surface area contributed by atoms with Crippen LogP contribution in [0.1, 0.15) is 16.7 Å². The molecular weight excluding hydrogens is 439 g/mol. The summed E-state index contributed by atoms with van der Waals surface area (Å²) in [6.45, 7) is -0.265. The van der Waals surface area contributed by atoms with Crippen LogP contribution in [0.2, 0.25) is 0 Å². The molecule has 0 aliphatic carbocycles. The van der Waals surface area contributed by atoms with E-state index in [0.29, 0.717) is 11.1 Å². The summed E-state index contributed by atoms with van der Waals surface area (Å²) in [5.74, 6) is -0.263. The number of benzene rings is 2. The molecule has 33 heavy (non-hydrogen) atoms. The molecule has 0 saturated heterocycles. The van der Waals surface area contributed by atoms with Crippen LogP contribution >= 0.6 is 0 Å². The van der Waals surface area contributed by atoms with E-state index >= 15 is 0 Å². The van der Waals surface area contributed by atoms with Crippen molar-refractivity contribution in [3.05, 3.63) is 83.7 Å². The number of rotatable bonds is 4. The Kier molecular flexibility index (Phi) is 6.86. The quantitative estimate of drug-likeness (QED) is 0.570. The molecule has 4 rings (SSSR count). The second kappa shape index (κ2) is 9.60. The van der Waals surface area contributed by atoms with E-state index in [4.69, 9.17) is 25.1 Å². The van der Waals surface area contributed by atoms with E-state index in [1.54, 1.807) is 24.5 Å². The molecule has 3 N–H and O–H groups in total. The van der Waals surface area contributed by atoms with Gasteiger partial charge >= 0.3 is 6.18 Å². The number of alkyl halides is 3. The number of halogens is 3. The number of aliphatic imine (C=N–C) groups is 1. The van der Waals surface area contributed by atoms with Gasteiger partial charge in [0.05, 0.1) is 12.7 Å². The van der Waals surface area contributed by atoms with Crippen molar-refractivity contribution in [3.63, 3.8) is 0 Å². The van der Waals surface area contributed by atoms with Gasteiger partial charge in [0.1, 0.15) is 12.4 Å². The molecule has 2 aromatic carbocycles. The first-order chi connectivity index (χ1) is 15.7. The van der Waals surface area contributed by atoms with Crippen molar-refractivity contribution in [3.8, 4) is 16.9 Å². The first kappa shape index (κ1) is 23.6. The van der Waals surface area contributed by atoms with Crippen molar-refractivity contribution < 1.29 is 32.5 Å². The highest BCUT2D eigenvalue weighted by Crippen LogP contribution is 2.43. The number of carbonyl (C=O) groups is 1. The lowest BCUT2D eigenvalue weighted by Gasteiger charge is -2.27. The Morgan fingerprint density at radius 1 is 1.12 bits per heavy atom. The van der Waals surface area contributed by atoms with Crippen LogP contribution in [0, 0.1) is 0 Å². The Labute approximate surface area is 187 Å². The molecule has 0 amide bonds. The van der Waals surface area contributed by atoms with Gasteiger partial charge in [-0.25, -0.2) is 4.99 Å². The minimum Gasteiger partial charge on any atom is -0.496 e. The molecule has 1 atom stereocenters. The van der Waals surface area contributed by atoms with E-state index in [2.05, 4.69) is 9.98 Å². The highest BCUT2D eigenvalue weighted by molar-refractivity contribution is 5.76. The van der Waals surface area contributed by atoms with Crippen LogP contribution in [-0.2, 0) is 21.2 Å². The lowest BCUT2D eigenvalue weighted by molar-refractivity contribution is -0.138. The fourth-order valence-electron chi connectivity index (χ4n) is 3.57. The Hall–Kier alpha value is -4.08. The van der Waals surface area contributed by atoms with E-state index in [0.717, 1.165) is 17.2 Å². The normalized spacial score (nSPS) is 17.3. The molecule has 0 bridgehead atoms. The maximum absolute atomic E-state index is 13.6. The first-order valence-corrected chi connectivity index (χ1v) is 9.58. The number of carboxylic acid groups (broad SMARTS) is 1. The van der Waals surface area contributed by atoms with Crippen molar-refractivity contribution in [1.29, 1.82) is 0 Å². The van der Waals surface area contributed by atoms with Crippen LogP contribution in [0.25, 0.3) is 11.1 Å². The van der Waals surface area contributed by atoms with Crippen LogP contribution in [0.4, 0.5) is 13.2 Å². The van der Waals surface area contributed by atoms with E-state index in [9.17, 15) is 13.2 Å². The fourth-order valence-corrected chi connectivity index (χ4v) is 3.57. The second-order valence-electron chi connectivity index (χ2n) is 6.94. The molecule has 1 aliphatic heterocycles. The van der Waals surface area contributed by atoms with Crippen LogP contribution in [0.5, 0.6) is 5.75 Å². The van der Waals surface area contributed by atoms with Crippen LogP contribution in [-0.4, -0.2) is 36.3 Å². The third-order valence-corrected chi connectivity index (χ3v) is 5.05. The van der Waals surface area contributed by atoms with Crippen molar-refractivity contribution in [2.75, 3.05) is 13.7 Å². The topological polar surface area (TPSA) is 107 Å². The molecule has 2 heterocycles. The summed E-state index contributed by atoms with van der Waals surface area (Å²) >= 11 is 0. The minimum absolute atomic E-state index is 0.0149. The summed E-state index contributed by atoms with van der Waals surface area (Å²) in [5, 5.41) is 6.89. The standard InChI is InChI=1S/C22H18F3N3O2.CH2O2/c1-29-19-8-7-17(11-18(19)22(23,24)25)21(13-30-20(26)28-21)16-6-2-4-14(10-16)15-5-3-9-27-12-15;2-1-3/h2-12H,13H2,1H3,(H2,26,28);1H,(H,2,3). The van der Waals surface area contributed by atoms with Gasteiger partial charge < -0.3 is 20.3 Å². The van der Waals surface area contributed by atoms with Gasteiger partial charge in [0.15, 0.2) is 5.54 Å². The molecule has 3 aromatic rings. The van der Waals surface area contributed by atoms with Gasteiger partial charge in [-0.05, 0) is 46.5 Å². The van der Waals surface area contributed by atoms with Crippen molar-refractivity contribution in [2.45, 2.75) is 11.7 Å². The Balaban J connectivity index is 0.000000968. The third kappa shape index (κ3) is 4.89. The number of aromatic nitrogens is 1. The smallest absolute Gasteiger partial charge is 0.419 e. The van der Waals surface area contributed by atoms with Gasteiger partial charge in [-0.1, -0.05) is 30.3 Å². The Morgan fingerprint density at radius 3 is 2.39 bits per heavy atom. The summed E-state index contributed by atoms with van der Waals surface area (Å²) in [6, 6.07) is 14.9. The third-order valence-electron chi connectivity index (χ3n) is 5.05. The number of nitrogens with two attached hydrogens (primary N) is 1. The average molecular weight is 459 g/mol. The largest absolute Gasteiger partial charge is 0.496 e. The molecule has 1 aromatic heterocycles. The maximum Gasteiger partial charge on any atom is 0.419 e. The number of methoxy groups -OCH3 is 1. The average Bonchev–Trinajstić information content (AvgIpc) is 3.22. The zero-order valence-electron chi connectivity index (χ0n) is 17.4. The van der Waals surface area contributed by atoms with Crippen molar-refractivity contribution >= 4 is 12.5 Å². The molecule has 7 nitrogen and oxygen atoms in total. The molecule has 0 saturated carbocycles. The molecule has 10 heteroatoms. The minimum atomic E-state index is -4.59. The predicted molar refractivity (Wildman–Crippen MR) is 115 cm³/mol. The van der Waals surface area contributed by atoms with Gasteiger partial charge in [-0.2, -0.15) is 13.2 Å². The van der Waals surface area contributed by atoms with Crippen molar-refractivity contribution in [1.82, 2.24) is 4.98 Å². The number of hydrogen-bond acceptors (Lipinski definition) is 6. The SMILES string of the molecule is COc1ccc(C2(c3cccc(-c4cccnc4)c3)COC(N)=N2)cc1C(F)(F)F.O=CO. The summed E-state index contributed by atoms with van der Waals surface area (Å²) in [6.07, 6.45) is -1.21. The molecular formula is C23H20F3N3O4. The fraction of sp³-hybridized carbons (Fsp3) is 0.174. The molecule has 0 fully saturated rings. The second-order valence-corrected chi connectivity index (χ2v) is 6.94. The molecule has 0 spiro atoms. The first-order valence-electron chi connectivity index (χ1n) is 9.58. The van der Waals surface area contributed by atoms with Gasteiger partial charge in [-0.3, -0.25) is 9.78 Å². The zero-order valence-corrected chi connectivity index (χ0v) is 17.4. The van der Waals surface area contributed by atoms with E-state index in [-0.39, 0.29) is 24.9 Å². The molecule has 1 unspecified atom stereocenters. The number of amidine groups is 1. The van der Waals surface area contributed by atoms with E-state index < -0.39 is 17.3 Å². The molecule has 172 valence electrons. The number of pyridine rings is 1. The van der Waals surface area contributed by atoms with Gasteiger partial charge in [0.2, 0.25) is 0 Å². The molecule has 0 radical (unpaired) electrons. The predicted octanol–water partition coefficient (Wildman–Crippen LogP) is 4.07. The van der Waals surface area contributed by atoms with Crippen LogP contribution in [0.3, 0.4) is 0 Å². The van der Waals surface area contributed by atoms with Crippen molar-refractivity contribution in [2.24, 2.45) is 10.7 Å². The monoisotopic (exact) mass is 459 g/mol. The lowest BCUT2D eigenvalue weighted by Crippen LogP contribution is -2.28. The van der Waals surface area contributed by atoms with Crippen LogP contribution < -0.4 is 10.5 Å². The summed E-state index contributed by atoms with van der Waals surface area (Å²) in [5.41, 5.74) is 6.37. The van der Waals surface area contributed by atoms with Gasteiger partial charge in [0.25, 0.3) is 12.5 Å². The maximum atomic E-state index is 13.6. The summed E-state index contributed by atoms with van der Waals surface area (Å²) in [4.78, 5) is 16.9. The molecule has 1 aliphatic rings. The highest BCUT2D eigenvalue weighted by atomic mass is 19.4.